The number of hydrogen-bond acceptors (Lipinski definition) is 3. The van der Waals surface area contributed by atoms with Crippen molar-refractivity contribution < 1.29 is 9.53 Å². The third kappa shape index (κ3) is 3.74. The van der Waals surface area contributed by atoms with Crippen LogP contribution in [0.1, 0.15) is 18.4 Å². The van der Waals surface area contributed by atoms with Crippen LogP contribution < -0.4 is 15.4 Å². The molecule has 0 bridgehead atoms. The highest BCUT2D eigenvalue weighted by Gasteiger charge is 2.14. The van der Waals surface area contributed by atoms with Crippen molar-refractivity contribution in [1.82, 2.24) is 10.6 Å². The molecule has 2 N–H and O–H groups in total. The first kappa shape index (κ1) is 12.9. The summed E-state index contributed by atoms with van der Waals surface area (Å²) in [5.74, 6) is 0.856. The van der Waals surface area contributed by atoms with Gasteiger partial charge in [-0.15, -0.1) is 0 Å². The Morgan fingerprint density at radius 2 is 2.44 bits per heavy atom. The summed E-state index contributed by atoms with van der Waals surface area (Å²) in [5.41, 5.74) is 0.978. The zero-order valence-corrected chi connectivity index (χ0v) is 10.7. The molecule has 1 aromatic rings. The average molecular weight is 248 g/mol. The number of methoxy groups -OCH3 is 1. The third-order valence-electron chi connectivity index (χ3n) is 3.21. The van der Waals surface area contributed by atoms with Crippen LogP contribution in [0.15, 0.2) is 24.3 Å². The van der Waals surface area contributed by atoms with Crippen LogP contribution in [0, 0.1) is 0 Å². The second-order valence-electron chi connectivity index (χ2n) is 4.63. The molecule has 1 unspecified atom stereocenters. The van der Waals surface area contributed by atoms with Crippen molar-refractivity contribution >= 4 is 5.91 Å². The van der Waals surface area contributed by atoms with E-state index in [1.54, 1.807) is 7.11 Å². The largest absolute Gasteiger partial charge is 0.497 e. The number of rotatable bonds is 5. The van der Waals surface area contributed by atoms with Gasteiger partial charge in [-0.2, -0.15) is 0 Å². The van der Waals surface area contributed by atoms with Gasteiger partial charge in [-0.3, -0.25) is 4.79 Å². The van der Waals surface area contributed by atoms with Crippen LogP contribution in [-0.2, 0) is 11.2 Å². The molecule has 98 valence electrons. The fourth-order valence-electron chi connectivity index (χ4n) is 2.20. The summed E-state index contributed by atoms with van der Waals surface area (Å²) in [6, 6.07) is 8.06. The van der Waals surface area contributed by atoms with Gasteiger partial charge in [-0.1, -0.05) is 12.1 Å². The minimum absolute atomic E-state index is 0.0666. The van der Waals surface area contributed by atoms with Crippen LogP contribution in [-0.4, -0.2) is 32.1 Å². The molecule has 1 amide bonds. The van der Waals surface area contributed by atoms with Crippen molar-refractivity contribution in [3.63, 3.8) is 0 Å². The van der Waals surface area contributed by atoms with Gasteiger partial charge in [0, 0.05) is 12.6 Å². The molecule has 18 heavy (non-hydrogen) atoms. The standard InChI is InChI=1S/C14H20N2O2/c1-18-13-6-2-4-11(8-13)9-14(17)16-10-12-5-3-7-15-12/h2,4,6,8,12,15H,3,5,7,9-10H2,1H3,(H,16,17). The summed E-state index contributed by atoms with van der Waals surface area (Å²) in [6.45, 7) is 1.79. The highest BCUT2D eigenvalue weighted by Crippen LogP contribution is 2.12. The lowest BCUT2D eigenvalue weighted by Crippen LogP contribution is -2.37. The van der Waals surface area contributed by atoms with E-state index >= 15 is 0 Å². The van der Waals surface area contributed by atoms with E-state index < -0.39 is 0 Å². The van der Waals surface area contributed by atoms with E-state index in [-0.39, 0.29) is 5.91 Å². The number of ether oxygens (including phenoxy) is 1. The Hall–Kier alpha value is -1.55. The Morgan fingerprint density at radius 3 is 3.17 bits per heavy atom. The van der Waals surface area contributed by atoms with E-state index in [9.17, 15) is 4.79 Å². The number of carbonyl (C=O) groups excluding carboxylic acids is 1. The zero-order chi connectivity index (χ0) is 12.8. The van der Waals surface area contributed by atoms with Gasteiger partial charge < -0.3 is 15.4 Å². The van der Waals surface area contributed by atoms with Crippen LogP contribution >= 0.6 is 0 Å². The van der Waals surface area contributed by atoms with Crippen LogP contribution in [0.3, 0.4) is 0 Å². The summed E-state index contributed by atoms with van der Waals surface area (Å²) in [6.07, 6.45) is 2.76. The Bertz CT molecular complexity index is 401. The molecule has 1 saturated heterocycles. The Morgan fingerprint density at radius 1 is 1.56 bits per heavy atom. The molecule has 1 aliphatic heterocycles. The highest BCUT2D eigenvalue weighted by atomic mass is 16.5. The second-order valence-corrected chi connectivity index (χ2v) is 4.63. The average Bonchev–Trinajstić information content (AvgIpc) is 2.90. The molecule has 1 atom stereocenters. The first-order chi connectivity index (χ1) is 8.78. The molecule has 1 heterocycles. The van der Waals surface area contributed by atoms with Crippen LogP contribution in [0.5, 0.6) is 5.75 Å². The first-order valence-electron chi connectivity index (χ1n) is 6.41. The molecule has 4 heteroatoms. The molecule has 1 aliphatic rings. The van der Waals surface area contributed by atoms with E-state index in [0.29, 0.717) is 12.5 Å². The molecule has 0 aromatic heterocycles. The topological polar surface area (TPSA) is 50.4 Å². The van der Waals surface area contributed by atoms with Gasteiger partial charge in [-0.25, -0.2) is 0 Å². The van der Waals surface area contributed by atoms with E-state index in [1.165, 1.54) is 6.42 Å². The number of benzene rings is 1. The maximum Gasteiger partial charge on any atom is 0.224 e. The molecule has 1 fully saturated rings. The van der Waals surface area contributed by atoms with Gasteiger partial charge in [-0.05, 0) is 37.1 Å². The molecule has 2 rings (SSSR count). The van der Waals surface area contributed by atoms with Gasteiger partial charge in [0.05, 0.1) is 13.5 Å². The predicted molar refractivity (Wildman–Crippen MR) is 70.7 cm³/mol. The monoisotopic (exact) mass is 248 g/mol. The molecular formula is C14H20N2O2. The van der Waals surface area contributed by atoms with E-state index in [0.717, 1.165) is 30.8 Å². The third-order valence-corrected chi connectivity index (χ3v) is 3.21. The van der Waals surface area contributed by atoms with Crippen LogP contribution in [0.25, 0.3) is 0 Å². The molecule has 0 spiro atoms. The van der Waals surface area contributed by atoms with Gasteiger partial charge in [0.2, 0.25) is 5.91 Å². The predicted octanol–water partition coefficient (Wildman–Crippen LogP) is 1.11. The van der Waals surface area contributed by atoms with Crippen LogP contribution in [0.2, 0.25) is 0 Å². The normalized spacial score (nSPS) is 18.6. The van der Waals surface area contributed by atoms with Crippen molar-refractivity contribution in [2.45, 2.75) is 25.3 Å². The molecule has 0 radical (unpaired) electrons. The molecule has 0 aliphatic carbocycles. The Balaban J connectivity index is 1.78. The van der Waals surface area contributed by atoms with Gasteiger partial charge in [0.1, 0.15) is 5.75 Å². The quantitative estimate of drug-likeness (QED) is 0.820. The molecular weight excluding hydrogens is 228 g/mol. The maximum atomic E-state index is 11.8. The number of nitrogens with one attached hydrogen (secondary N) is 2. The van der Waals surface area contributed by atoms with E-state index in [1.807, 2.05) is 24.3 Å². The van der Waals surface area contributed by atoms with Crippen molar-refractivity contribution in [2.75, 3.05) is 20.2 Å². The molecule has 1 aromatic carbocycles. The van der Waals surface area contributed by atoms with Gasteiger partial charge in [0.25, 0.3) is 0 Å². The number of hydrogen-bond donors (Lipinski definition) is 2. The van der Waals surface area contributed by atoms with Gasteiger partial charge in [0.15, 0.2) is 0 Å². The highest BCUT2D eigenvalue weighted by molar-refractivity contribution is 5.78. The summed E-state index contributed by atoms with van der Waals surface area (Å²) in [5, 5.41) is 6.33. The van der Waals surface area contributed by atoms with Crippen molar-refractivity contribution in [3.8, 4) is 5.75 Å². The zero-order valence-electron chi connectivity index (χ0n) is 10.7. The minimum Gasteiger partial charge on any atom is -0.497 e. The fraction of sp³-hybridized carbons (Fsp3) is 0.500. The summed E-state index contributed by atoms with van der Waals surface area (Å²) in [4.78, 5) is 11.8. The molecule has 4 nitrogen and oxygen atoms in total. The van der Waals surface area contributed by atoms with Crippen molar-refractivity contribution in [3.05, 3.63) is 29.8 Å². The Kier molecular flexibility index (Phi) is 4.59. The molecule has 0 saturated carbocycles. The summed E-state index contributed by atoms with van der Waals surface area (Å²) in [7, 11) is 1.63. The number of amides is 1. The summed E-state index contributed by atoms with van der Waals surface area (Å²) >= 11 is 0. The fourth-order valence-corrected chi connectivity index (χ4v) is 2.20. The summed E-state index contributed by atoms with van der Waals surface area (Å²) < 4.78 is 5.14. The van der Waals surface area contributed by atoms with Crippen molar-refractivity contribution in [1.29, 1.82) is 0 Å². The minimum atomic E-state index is 0.0666. The Labute approximate surface area is 108 Å². The second kappa shape index (κ2) is 6.40. The van der Waals surface area contributed by atoms with Crippen molar-refractivity contribution in [2.24, 2.45) is 0 Å². The smallest absolute Gasteiger partial charge is 0.224 e. The first-order valence-corrected chi connectivity index (χ1v) is 6.41. The number of carbonyl (C=O) groups is 1. The lowest BCUT2D eigenvalue weighted by atomic mass is 10.1. The lowest BCUT2D eigenvalue weighted by Gasteiger charge is -2.11. The maximum absolute atomic E-state index is 11.8. The SMILES string of the molecule is COc1cccc(CC(=O)NCC2CCCN2)c1. The van der Waals surface area contributed by atoms with Crippen LogP contribution in [0.4, 0.5) is 0 Å². The van der Waals surface area contributed by atoms with Gasteiger partial charge >= 0.3 is 0 Å². The lowest BCUT2D eigenvalue weighted by molar-refractivity contribution is -0.120. The van der Waals surface area contributed by atoms with E-state index in [2.05, 4.69) is 10.6 Å². The van der Waals surface area contributed by atoms with E-state index in [4.69, 9.17) is 4.74 Å².